The van der Waals surface area contributed by atoms with Crippen molar-refractivity contribution in [1.82, 2.24) is 4.90 Å². The van der Waals surface area contributed by atoms with Gasteiger partial charge in [0.2, 0.25) is 0 Å². The smallest absolute Gasteiger partial charge is 0.134 e. The Bertz CT molecular complexity index is 643. The average molecular weight is 376 g/mol. The molecule has 0 aliphatic carbocycles. The molecule has 0 radical (unpaired) electrons. The zero-order chi connectivity index (χ0) is 16.1. The first kappa shape index (κ1) is 16.8. The third-order valence-electron chi connectivity index (χ3n) is 4.70. The van der Waals surface area contributed by atoms with Gasteiger partial charge in [0.25, 0.3) is 0 Å². The molecule has 1 atom stereocenters. The first-order valence-electron chi connectivity index (χ1n) is 8.76. The van der Waals surface area contributed by atoms with Crippen molar-refractivity contribution >= 4 is 26.7 Å². The summed E-state index contributed by atoms with van der Waals surface area (Å²) in [5.74, 6) is 1.82. The Kier molecular flexibility index (Phi) is 5.96. The van der Waals surface area contributed by atoms with E-state index >= 15 is 0 Å². The molecule has 2 aromatic rings. The van der Waals surface area contributed by atoms with Crippen LogP contribution < -0.4 is 4.74 Å². The molecule has 1 heterocycles. The lowest BCUT2D eigenvalue weighted by molar-refractivity contribution is 0.177. The molecule has 2 aromatic carbocycles. The maximum absolute atomic E-state index is 5.99. The van der Waals surface area contributed by atoms with Crippen molar-refractivity contribution in [2.75, 3.05) is 26.2 Å². The van der Waals surface area contributed by atoms with Crippen LogP contribution in [0.5, 0.6) is 5.75 Å². The molecule has 0 N–H and O–H groups in total. The highest BCUT2D eigenvalue weighted by atomic mass is 79.9. The van der Waals surface area contributed by atoms with Crippen molar-refractivity contribution < 1.29 is 4.74 Å². The van der Waals surface area contributed by atoms with Gasteiger partial charge in [-0.2, -0.15) is 0 Å². The minimum Gasteiger partial charge on any atom is -0.492 e. The lowest BCUT2D eigenvalue weighted by Gasteiger charge is -2.30. The fourth-order valence-electron chi connectivity index (χ4n) is 3.43. The van der Waals surface area contributed by atoms with Gasteiger partial charge in [-0.3, -0.25) is 0 Å². The van der Waals surface area contributed by atoms with Gasteiger partial charge in [-0.15, -0.1) is 0 Å². The summed E-state index contributed by atoms with van der Waals surface area (Å²) >= 11 is 3.69. The molecule has 0 saturated carbocycles. The Morgan fingerprint density at radius 3 is 2.91 bits per heavy atom. The molecular formula is C20H26BrNO. The second-order valence-corrected chi connectivity index (χ2v) is 7.50. The normalized spacial score (nSPS) is 19.1. The summed E-state index contributed by atoms with van der Waals surface area (Å²) in [7, 11) is 0. The maximum atomic E-state index is 5.99. The van der Waals surface area contributed by atoms with E-state index in [2.05, 4.69) is 64.2 Å². The van der Waals surface area contributed by atoms with E-state index in [1.165, 1.54) is 49.7 Å². The summed E-state index contributed by atoms with van der Waals surface area (Å²) in [6.45, 7) is 6.93. The molecule has 0 aromatic heterocycles. The van der Waals surface area contributed by atoms with Crippen molar-refractivity contribution in [3.63, 3.8) is 0 Å². The predicted molar refractivity (Wildman–Crippen MR) is 101 cm³/mol. The fourth-order valence-corrected chi connectivity index (χ4v) is 4.04. The summed E-state index contributed by atoms with van der Waals surface area (Å²) in [4.78, 5) is 2.61. The fraction of sp³-hybridized carbons (Fsp3) is 0.500. The van der Waals surface area contributed by atoms with E-state index in [1.807, 2.05) is 0 Å². The molecule has 1 aliphatic rings. The molecule has 0 amide bonds. The number of unbranched alkanes of at least 4 members (excludes halogenated alkanes) is 1. The monoisotopic (exact) mass is 375 g/mol. The Hall–Kier alpha value is -1.06. The minimum atomic E-state index is 0.792. The van der Waals surface area contributed by atoms with Crippen LogP contribution in [0, 0.1) is 5.92 Å². The van der Waals surface area contributed by atoms with Crippen LogP contribution >= 0.6 is 15.9 Å². The second kappa shape index (κ2) is 8.16. The molecule has 1 saturated heterocycles. The van der Waals surface area contributed by atoms with Gasteiger partial charge in [0, 0.05) is 6.54 Å². The van der Waals surface area contributed by atoms with E-state index in [0.29, 0.717) is 0 Å². The molecule has 2 nitrogen and oxygen atoms in total. The Morgan fingerprint density at radius 1 is 1.17 bits per heavy atom. The largest absolute Gasteiger partial charge is 0.492 e. The third kappa shape index (κ3) is 4.48. The first-order chi connectivity index (χ1) is 11.2. The highest BCUT2D eigenvalue weighted by Gasteiger charge is 2.15. The third-order valence-corrected chi connectivity index (χ3v) is 5.51. The number of likely N-dealkylation sites (tertiary alicyclic amines) is 1. The summed E-state index contributed by atoms with van der Waals surface area (Å²) in [5.41, 5.74) is 0. The molecule has 0 bridgehead atoms. The van der Waals surface area contributed by atoms with Gasteiger partial charge >= 0.3 is 0 Å². The van der Waals surface area contributed by atoms with Crippen LogP contribution in [0.15, 0.2) is 40.9 Å². The number of halogens is 1. The Balaban J connectivity index is 1.45. The van der Waals surface area contributed by atoms with E-state index in [4.69, 9.17) is 4.74 Å². The van der Waals surface area contributed by atoms with Gasteiger partial charge < -0.3 is 9.64 Å². The minimum absolute atomic E-state index is 0.792. The molecule has 3 rings (SSSR count). The number of ether oxygens (including phenoxy) is 1. The van der Waals surface area contributed by atoms with Gasteiger partial charge in [-0.25, -0.2) is 0 Å². The van der Waals surface area contributed by atoms with Crippen LogP contribution in [0.2, 0.25) is 0 Å². The van der Waals surface area contributed by atoms with Crippen LogP contribution in [0.3, 0.4) is 0 Å². The molecule has 1 fully saturated rings. The quantitative estimate of drug-likeness (QED) is 0.618. The number of piperidine rings is 1. The van der Waals surface area contributed by atoms with Crippen molar-refractivity contribution in [2.45, 2.75) is 32.6 Å². The number of rotatable bonds is 6. The number of nitrogens with zero attached hydrogens (tertiary/aromatic N) is 1. The van der Waals surface area contributed by atoms with Gasteiger partial charge in [0.15, 0.2) is 0 Å². The zero-order valence-electron chi connectivity index (χ0n) is 13.9. The van der Waals surface area contributed by atoms with Crippen molar-refractivity contribution in [1.29, 1.82) is 0 Å². The van der Waals surface area contributed by atoms with Crippen molar-refractivity contribution in [3.05, 3.63) is 40.9 Å². The Morgan fingerprint density at radius 2 is 2.04 bits per heavy atom. The van der Waals surface area contributed by atoms with Crippen LogP contribution in [0.4, 0.5) is 0 Å². The SMILES string of the molecule is C[C@@H]1CCCN(CCCCOc2ccc3ccccc3c2Br)C1. The summed E-state index contributed by atoms with van der Waals surface area (Å²) in [6, 6.07) is 12.6. The highest BCUT2D eigenvalue weighted by molar-refractivity contribution is 9.10. The Labute approximate surface area is 147 Å². The molecule has 0 unspecified atom stereocenters. The topological polar surface area (TPSA) is 12.5 Å². The predicted octanol–water partition coefficient (Wildman–Crippen LogP) is 5.49. The van der Waals surface area contributed by atoms with Crippen molar-refractivity contribution in [2.24, 2.45) is 5.92 Å². The van der Waals surface area contributed by atoms with E-state index in [0.717, 1.165) is 29.2 Å². The van der Waals surface area contributed by atoms with Gasteiger partial charge in [0.05, 0.1) is 11.1 Å². The van der Waals surface area contributed by atoms with E-state index < -0.39 is 0 Å². The lowest BCUT2D eigenvalue weighted by atomic mass is 10.0. The van der Waals surface area contributed by atoms with Gasteiger partial charge in [0.1, 0.15) is 5.75 Å². The number of benzene rings is 2. The maximum Gasteiger partial charge on any atom is 0.134 e. The first-order valence-corrected chi connectivity index (χ1v) is 9.56. The van der Waals surface area contributed by atoms with Crippen LogP contribution in [-0.4, -0.2) is 31.1 Å². The second-order valence-electron chi connectivity index (χ2n) is 6.70. The molecule has 1 aliphatic heterocycles. The summed E-state index contributed by atoms with van der Waals surface area (Å²) in [5, 5.41) is 2.46. The van der Waals surface area contributed by atoms with Crippen LogP contribution in [0.1, 0.15) is 32.6 Å². The van der Waals surface area contributed by atoms with Crippen molar-refractivity contribution in [3.8, 4) is 5.75 Å². The van der Waals surface area contributed by atoms with Crippen LogP contribution in [-0.2, 0) is 0 Å². The molecule has 3 heteroatoms. The zero-order valence-corrected chi connectivity index (χ0v) is 15.5. The van der Waals surface area contributed by atoms with Gasteiger partial charge in [-0.1, -0.05) is 37.3 Å². The van der Waals surface area contributed by atoms with Gasteiger partial charge in [-0.05, 0) is 77.5 Å². The molecule has 0 spiro atoms. The summed E-state index contributed by atoms with van der Waals surface area (Å²) < 4.78 is 7.06. The van der Waals surface area contributed by atoms with E-state index in [9.17, 15) is 0 Å². The van der Waals surface area contributed by atoms with E-state index in [-0.39, 0.29) is 0 Å². The van der Waals surface area contributed by atoms with E-state index in [1.54, 1.807) is 0 Å². The number of hydrogen-bond donors (Lipinski definition) is 0. The average Bonchev–Trinajstić information content (AvgIpc) is 2.57. The van der Waals surface area contributed by atoms with Crippen LogP contribution in [0.25, 0.3) is 10.8 Å². The molecule has 23 heavy (non-hydrogen) atoms. The standard InChI is InChI=1S/C20H26BrNO/c1-16-7-6-13-22(15-16)12-4-5-14-23-19-11-10-17-8-2-3-9-18(17)20(19)21/h2-3,8-11,16H,4-7,12-15H2,1H3/t16-/m1/s1. The molecular weight excluding hydrogens is 350 g/mol. The number of hydrogen-bond acceptors (Lipinski definition) is 2. The number of fused-ring (bicyclic) bond motifs is 1. The summed E-state index contributed by atoms with van der Waals surface area (Å²) in [6.07, 6.45) is 5.10. The lowest BCUT2D eigenvalue weighted by Crippen LogP contribution is -2.35. The molecule has 124 valence electrons. The highest BCUT2D eigenvalue weighted by Crippen LogP contribution is 2.33.